The fourth-order valence-electron chi connectivity index (χ4n) is 3.00. The molecule has 1 aromatic carbocycles. The molecule has 0 bridgehead atoms. The number of nitrogens with one attached hydrogen (secondary N) is 1. The van der Waals surface area contributed by atoms with Crippen molar-refractivity contribution in [3.63, 3.8) is 0 Å². The van der Waals surface area contributed by atoms with Crippen molar-refractivity contribution in [1.29, 1.82) is 0 Å². The summed E-state index contributed by atoms with van der Waals surface area (Å²) in [5, 5.41) is 19.8. The second-order valence-corrected chi connectivity index (χ2v) is 7.59. The lowest BCUT2D eigenvalue weighted by Crippen LogP contribution is -2.04. The zero-order valence-electron chi connectivity index (χ0n) is 15.5. The first-order chi connectivity index (χ1) is 14.1. The number of tetrazole rings is 1. The number of hydrogen-bond donors (Lipinski definition) is 1. The minimum Gasteiger partial charge on any atom is -0.296 e. The van der Waals surface area contributed by atoms with Crippen molar-refractivity contribution in [2.75, 3.05) is 0 Å². The summed E-state index contributed by atoms with van der Waals surface area (Å²) in [4.78, 5) is 4.32. The summed E-state index contributed by atoms with van der Waals surface area (Å²) in [6.07, 6.45) is 2.96. The van der Waals surface area contributed by atoms with Crippen LogP contribution in [0, 0.1) is 0 Å². The molecular formula is C18H17Cl3N8. The van der Waals surface area contributed by atoms with Gasteiger partial charge in [-0.2, -0.15) is 10.3 Å². The maximum Gasteiger partial charge on any atom is 0.222 e. The van der Waals surface area contributed by atoms with Crippen molar-refractivity contribution < 1.29 is 0 Å². The Morgan fingerprint density at radius 2 is 1.90 bits per heavy atom. The smallest absolute Gasteiger partial charge is 0.222 e. The highest BCUT2D eigenvalue weighted by Crippen LogP contribution is 2.34. The van der Waals surface area contributed by atoms with E-state index in [0.717, 1.165) is 36.3 Å². The molecule has 0 amide bonds. The Kier molecular flexibility index (Phi) is 5.84. The van der Waals surface area contributed by atoms with Gasteiger partial charge in [-0.05, 0) is 47.0 Å². The molecule has 0 aliphatic heterocycles. The average Bonchev–Trinajstić information content (AvgIpc) is 3.41. The zero-order valence-corrected chi connectivity index (χ0v) is 17.7. The van der Waals surface area contributed by atoms with Crippen LogP contribution < -0.4 is 0 Å². The van der Waals surface area contributed by atoms with Gasteiger partial charge in [-0.25, -0.2) is 9.67 Å². The van der Waals surface area contributed by atoms with E-state index in [1.165, 1.54) is 0 Å². The Hall–Kier alpha value is -2.42. The predicted octanol–water partition coefficient (Wildman–Crippen LogP) is 4.60. The van der Waals surface area contributed by atoms with Gasteiger partial charge >= 0.3 is 0 Å². The number of aromatic nitrogens is 8. The first-order valence-corrected chi connectivity index (χ1v) is 10.2. The van der Waals surface area contributed by atoms with Gasteiger partial charge in [0.2, 0.25) is 11.1 Å². The lowest BCUT2D eigenvalue weighted by atomic mass is 10.2. The molecule has 1 N–H and O–H groups in total. The van der Waals surface area contributed by atoms with Crippen molar-refractivity contribution in [2.24, 2.45) is 0 Å². The highest BCUT2D eigenvalue weighted by molar-refractivity contribution is 6.36. The Labute approximate surface area is 181 Å². The van der Waals surface area contributed by atoms with Crippen LogP contribution >= 0.6 is 34.8 Å². The number of H-pyrrole nitrogens is 1. The summed E-state index contributed by atoms with van der Waals surface area (Å²) in [6.45, 7) is 2.66. The normalized spacial score (nSPS) is 11.3. The summed E-state index contributed by atoms with van der Waals surface area (Å²) >= 11 is 18.9. The SMILES string of the molecule is CCCCc1nc(Cl)n(Cc2ccc(-n3c(Cl)cc(Cl)c3-c3nn[nH]n3)cc2)n1. The maximum absolute atomic E-state index is 6.39. The number of hydrogen-bond acceptors (Lipinski definition) is 5. The molecule has 0 radical (unpaired) electrons. The van der Waals surface area contributed by atoms with Gasteiger partial charge in [0.05, 0.1) is 11.6 Å². The first kappa shape index (κ1) is 19.9. The van der Waals surface area contributed by atoms with Crippen molar-refractivity contribution in [3.05, 3.63) is 57.2 Å². The van der Waals surface area contributed by atoms with Crippen molar-refractivity contribution in [3.8, 4) is 17.2 Å². The van der Waals surface area contributed by atoms with E-state index >= 15 is 0 Å². The number of rotatable bonds is 7. The van der Waals surface area contributed by atoms with Crippen molar-refractivity contribution in [1.82, 2.24) is 40.0 Å². The van der Waals surface area contributed by atoms with Crippen LogP contribution in [0.15, 0.2) is 30.3 Å². The van der Waals surface area contributed by atoms with E-state index in [0.29, 0.717) is 33.5 Å². The van der Waals surface area contributed by atoms with Crippen LogP contribution in [0.1, 0.15) is 31.2 Å². The van der Waals surface area contributed by atoms with E-state index in [4.69, 9.17) is 34.8 Å². The summed E-state index contributed by atoms with van der Waals surface area (Å²) in [5.41, 5.74) is 2.41. The van der Waals surface area contributed by atoms with Crippen LogP contribution in [0.3, 0.4) is 0 Å². The number of nitrogens with zero attached hydrogens (tertiary/aromatic N) is 7. The van der Waals surface area contributed by atoms with Crippen LogP contribution in [0.25, 0.3) is 17.2 Å². The average molecular weight is 452 g/mol. The molecular weight excluding hydrogens is 435 g/mol. The molecule has 0 saturated heterocycles. The number of aryl methyl sites for hydroxylation is 1. The van der Waals surface area contributed by atoms with Crippen LogP contribution in [-0.4, -0.2) is 40.0 Å². The molecule has 0 saturated carbocycles. The zero-order chi connectivity index (χ0) is 20.4. The predicted molar refractivity (Wildman–Crippen MR) is 112 cm³/mol. The van der Waals surface area contributed by atoms with Gasteiger partial charge in [-0.3, -0.25) is 4.57 Å². The summed E-state index contributed by atoms with van der Waals surface area (Å²) in [7, 11) is 0. The van der Waals surface area contributed by atoms with Gasteiger partial charge in [0.15, 0.2) is 5.82 Å². The van der Waals surface area contributed by atoms with E-state index in [2.05, 4.69) is 37.6 Å². The van der Waals surface area contributed by atoms with Crippen molar-refractivity contribution in [2.45, 2.75) is 32.7 Å². The number of benzene rings is 1. The molecule has 11 heteroatoms. The molecule has 4 rings (SSSR count). The largest absolute Gasteiger partial charge is 0.296 e. The molecule has 0 fully saturated rings. The molecule has 0 aliphatic rings. The number of aromatic amines is 1. The first-order valence-electron chi connectivity index (χ1n) is 9.06. The Morgan fingerprint density at radius 1 is 1.10 bits per heavy atom. The minimum absolute atomic E-state index is 0.361. The van der Waals surface area contributed by atoms with Gasteiger partial charge in [0.1, 0.15) is 10.8 Å². The molecule has 3 aromatic heterocycles. The molecule has 8 nitrogen and oxygen atoms in total. The van der Waals surface area contributed by atoms with Gasteiger partial charge < -0.3 is 0 Å². The van der Waals surface area contributed by atoms with Gasteiger partial charge in [-0.1, -0.05) is 48.7 Å². The summed E-state index contributed by atoms with van der Waals surface area (Å²) in [6, 6.07) is 9.47. The van der Waals surface area contributed by atoms with E-state index in [9.17, 15) is 0 Å². The summed E-state index contributed by atoms with van der Waals surface area (Å²) in [5.74, 6) is 1.13. The molecule has 29 heavy (non-hydrogen) atoms. The monoisotopic (exact) mass is 450 g/mol. The molecule has 3 heterocycles. The highest BCUT2D eigenvalue weighted by Gasteiger charge is 2.19. The third-order valence-corrected chi connectivity index (χ3v) is 5.26. The lowest BCUT2D eigenvalue weighted by Gasteiger charge is -2.10. The molecule has 0 aliphatic carbocycles. The van der Waals surface area contributed by atoms with Gasteiger partial charge in [0.25, 0.3) is 0 Å². The standard InChI is InChI=1S/C18H17Cl3N8/c1-2-3-4-15-22-18(21)28(25-15)10-11-5-7-12(8-6-11)29-14(20)9-13(19)16(29)17-23-26-27-24-17/h5-9H,2-4,10H2,1H3,(H,23,24,26,27). The minimum atomic E-state index is 0.361. The number of halogens is 3. The Balaban J connectivity index is 1.59. The highest BCUT2D eigenvalue weighted by atomic mass is 35.5. The van der Waals surface area contributed by atoms with E-state index in [-0.39, 0.29) is 0 Å². The number of unbranched alkanes of at least 4 members (excludes halogenated alkanes) is 1. The van der Waals surface area contributed by atoms with Gasteiger partial charge in [0, 0.05) is 12.1 Å². The molecule has 0 unspecified atom stereocenters. The Bertz CT molecular complexity index is 1100. The maximum atomic E-state index is 6.39. The second kappa shape index (κ2) is 8.52. The van der Waals surface area contributed by atoms with E-state index < -0.39 is 0 Å². The molecule has 0 spiro atoms. The topological polar surface area (TPSA) is 90.1 Å². The van der Waals surface area contributed by atoms with Crippen LogP contribution in [0.4, 0.5) is 0 Å². The lowest BCUT2D eigenvalue weighted by molar-refractivity contribution is 0.661. The van der Waals surface area contributed by atoms with E-state index in [1.54, 1.807) is 15.3 Å². The fraction of sp³-hybridized carbons (Fsp3) is 0.278. The quantitative estimate of drug-likeness (QED) is 0.443. The van der Waals surface area contributed by atoms with Gasteiger partial charge in [-0.15, -0.1) is 10.2 Å². The molecule has 0 atom stereocenters. The van der Waals surface area contributed by atoms with Crippen molar-refractivity contribution >= 4 is 34.8 Å². The van der Waals surface area contributed by atoms with Crippen LogP contribution in [-0.2, 0) is 13.0 Å². The van der Waals surface area contributed by atoms with Crippen LogP contribution in [0.2, 0.25) is 15.5 Å². The van der Waals surface area contributed by atoms with E-state index in [1.807, 2.05) is 24.3 Å². The third-order valence-electron chi connectivity index (χ3n) is 4.42. The second-order valence-electron chi connectivity index (χ2n) is 6.46. The third kappa shape index (κ3) is 4.14. The Morgan fingerprint density at radius 3 is 2.59 bits per heavy atom. The molecule has 150 valence electrons. The summed E-state index contributed by atoms with van der Waals surface area (Å²) < 4.78 is 3.47. The van der Waals surface area contributed by atoms with Crippen LogP contribution in [0.5, 0.6) is 0 Å². The molecule has 4 aromatic rings. The fourth-order valence-corrected chi connectivity index (χ4v) is 3.82.